The maximum atomic E-state index is 5.72. The molecule has 1 aromatic carbocycles. The molecule has 0 aliphatic heterocycles. The molecular weight excluding hydrogens is 264 g/mol. The summed E-state index contributed by atoms with van der Waals surface area (Å²) in [6.07, 6.45) is 3.75. The molecule has 0 bridgehead atoms. The SMILES string of the molecule is CN(CCCOc1ccc(CN)cc1)CCOCC1CC1. The average Bonchev–Trinajstić information content (AvgIpc) is 3.33. The lowest BCUT2D eigenvalue weighted by atomic mass is 10.2. The van der Waals surface area contributed by atoms with E-state index in [-0.39, 0.29) is 0 Å². The van der Waals surface area contributed by atoms with Crippen molar-refractivity contribution in [1.29, 1.82) is 0 Å². The van der Waals surface area contributed by atoms with E-state index in [9.17, 15) is 0 Å². The summed E-state index contributed by atoms with van der Waals surface area (Å²) in [5.74, 6) is 1.77. The van der Waals surface area contributed by atoms with Crippen LogP contribution in [0.4, 0.5) is 0 Å². The van der Waals surface area contributed by atoms with Gasteiger partial charge in [0.25, 0.3) is 0 Å². The lowest BCUT2D eigenvalue weighted by molar-refractivity contribution is 0.102. The highest BCUT2D eigenvalue weighted by Gasteiger charge is 2.20. The first-order valence-electron chi connectivity index (χ1n) is 7.96. The molecule has 0 atom stereocenters. The van der Waals surface area contributed by atoms with Crippen molar-refractivity contribution in [2.45, 2.75) is 25.8 Å². The van der Waals surface area contributed by atoms with Crippen LogP contribution in [0.3, 0.4) is 0 Å². The number of hydrogen-bond acceptors (Lipinski definition) is 4. The van der Waals surface area contributed by atoms with Crippen molar-refractivity contribution in [3.8, 4) is 5.75 Å². The van der Waals surface area contributed by atoms with Gasteiger partial charge in [0.05, 0.1) is 13.2 Å². The van der Waals surface area contributed by atoms with Gasteiger partial charge in [-0.05, 0) is 49.9 Å². The van der Waals surface area contributed by atoms with Crippen LogP contribution in [0.2, 0.25) is 0 Å². The standard InChI is InChI=1S/C17H28N2O2/c1-19(10-12-20-14-16-3-4-16)9-2-11-21-17-7-5-15(13-18)6-8-17/h5-8,16H,2-4,9-14,18H2,1H3. The molecule has 1 aromatic rings. The Balaban J connectivity index is 1.47. The molecule has 1 aliphatic carbocycles. The summed E-state index contributed by atoms with van der Waals surface area (Å²) in [7, 11) is 2.14. The third-order valence-electron chi connectivity index (χ3n) is 3.78. The Labute approximate surface area is 128 Å². The quantitative estimate of drug-likeness (QED) is 0.636. The zero-order chi connectivity index (χ0) is 14.9. The van der Waals surface area contributed by atoms with Gasteiger partial charge < -0.3 is 20.1 Å². The lowest BCUT2D eigenvalue weighted by Crippen LogP contribution is -2.25. The van der Waals surface area contributed by atoms with Crippen molar-refractivity contribution in [1.82, 2.24) is 4.90 Å². The second-order valence-corrected chi connectivity index (χ2v) is 5.87. The predicted molar refractivity (Wildman–Crippen MR) is 85.5 cm³/mol. The van der Waals surface area contributed by atoms with Gasteiger partial charge in [0.2, 0.25) is 0 Å². The Bertz CT molecular complexity index is 390. The van der Waals surface area contributed by atoms with Crippen molar-refractivity contribution in [2.75, 3.05) is 40.0 Å². The third kappa shape index (κ3) is 6.93. The first kappa shape index (κ1) is 16.3. The minimum Gasteiger partial charge on any atom is -0.494 e. The first-order chi connectivity index (χ1) is 10.3. The van der Waals surface area contributed by atoms with E-state index in [1.807, 2.05) is 24.3 Å². The van der Waals surface area contributed by atoms with Gasteiger partial charge in [0.15, 0.2) is 0 Å². The van der Waals surface area contributed by atoms with Crippen LogP contribution in [0.25, 0.3) is 0 Å². The highest BCUT2D eigenvalue weighted by atomic mass is 16.5. The van der Waals surface area contributed by atoms with Crippen molar-refractivity contribution >= 4 is 0 Å². The molecule has 1 fully saturated rings. The molecule has 0 aromatic heterocycles. The smallest absolute Gasteiger partial charge is 0.119 e. The maximum Gasteiger partial charge on any atom is 0.119 e. The maximum absolute atomic E-state index is 5.72. The van der Waals surface area contributed by atoms with Crippen molar-refractivity contribution in [2.24, 2.45) is 11.7 Å². The van der Waals surface area contributed by atoms with Crippen LogP contribution >= 0.6 is 0 Å². The summed E-state index contributed by atoms with van der Waals surface area (Å²) in [6.45, 7) is 5.15. The number of nitrogens with zero attached hydrogens (tertiary/aromatic N) is 1. The zero-order valence-electron chi connectivity index (χ0n) is 13.1. The van der Waals surface area contributed by atoms with Crippen molar-refractivity contribution in [3.63, 3.8) is 0 Å². The van der Waals surface area contributed by atoms with Crippen LogP contribution < -0.4 is 10.5 Å². The molecule has 0 saturated heterocycles. The average molecular weight is 292 g/mol. The summed E-state index contributed by atoms with van der Waals surface area (Å²) in [5.41, 5.74) is 6.70. The minimum atomic E-state index is 0.577. The summed E-state index contributed by atoms with van der Waals surface area (Å²) >= 11 is 0. The lowest BCUT2D eigenvalue weighted by Gasteiger charge is -2.16. The molecule has 0 unspecified atom stereocenters. The molecular formula is C17H28N2O2. The molecule has 0 radical (unpaired) electrons. The second kappa shape index (κ2) is 9.03. The number of likely N-dealkylation sites (N-methyl/N-ethyl adjacent to an activating group) is 1. The van der Waals surface area contributed by atoms with Gasteiger partial charge in [-0.25, -0.2) is 0 Å². The van der Waals surface area contributed by atoms with Crippen LogP contribution in [0.1, 0.15) is 24.8 Å². The van der Waals surface area contributed by atoms with Crippen LogP contribution in [0.15, 0.2) is 24.3 Å². The Morgan fingerprint density at radius 1 is 1.14 bits per heavy atom. The Hall–Kier alpha value is -1.10. The van der Waals surface area contributed by atoms with Gasteiger partial charge >= 0.3 is 0 Å². The molecule has 0 heterocycles. The number of rotatable bonds is 11. The molecule has 2 N–H and O–H groups in total. The van der Waals surface area contributed by atoms with Gasteiger partial charge in [-0.15, -0.1) is 0 Å². The number of ether oxygens (including phenoxy) is 2. The molecule has 1 aliphatic rings. The molecule has 4 heteroatoms. The topological polar surface area (TPSA) is 47.7 Å². The number of nitrogens with two attached hydrogens (primary N) is 1. The van der Waals surface area contributed by atoms with Gasteiger partial charge in [-0.3, -0.25) is 0 Å². The van der Waals surface area contributed by atoms with E-state index in [0.717, 1.165) is 56.6 Å². The third-order valence-corrected chi connectivity index (χ3v) is 3.78. The van der Waals surface area contributed by atoms with Gasteiger partial charge in [0, 0.05) is 26.2 Å². The van der Waals surface area contributed by atoms with Gasteiger partial charge in [-0.2, -0.15) is 0 Å². The molecule has 0 spiro atoms. The molecule has 2 rings (SSSR count). The Morgan fingerprint density at radius 2 is 1.90 bits per heavy atom. The van der Waals surface area contributed by atoms with Crippen LogP contribution in [-0.2, 0) is 11.3 Å². The molecule has 21 heavy (non-hydrogen) atoms. The predicted octanol–water partition coefficient (Wildman–Crippen LogP) is 2.27. The zero-order valence-corrected chi connectivity index (χ0v) is 13.1. The van der Waals surface area contributed by atoms with E-state index < -0.39 is 0 Å². The first-order valence-corrected chi connectivity index (χ1v) is 7.96. The van der Waals surface area contributed by atoms with Crippen LogP contribution in [0.5, 0.6) is 5.75 Å². The fraction of sp³-hybridized carbons (Fsp3) is 0.647. The van der Waals surface area contributed by atoms with Crippen LogP contribution in [0, 0.1) is 5.92 Å². The Morgan fingerprint density at radius 3 is 2.57 bits per heavy atom. The van der Waals surface area contributed by atoms with Crippen molar-refractivity contribution in [3.05, 3.63) is 29.8 Å². The monoisotopic (exact) mass is 292 g/mol. The molecule has 118 valence electrons. The van der Waals surface area contributed by atoms with E-state index in [1.54, 1.807) is 0 Å². The molecule has 0 amide bonds. The summed E-state index contributed by atoms with van der Waals surface area (Å²) in [6, 6.07) is 7.99. The fourth-order valence-electron chi connectivity index (χ4n) is 2.11. The minimum absolute atomic E-state index is 0.577. The fourth-order valence-corrected chi connectivity index (χ4v) is 2.11. The molecule has 1 saturated carbocycles. The molecule has 4 nitrogen and oxygen atoms in total. The second-order valence-electron chi connectivity index (χ2n) is 5.87. The van der Waals surface area contributed by atoms with Gasteiger partial charge in [0.1, 0.15) is 5.75 Å². The van der Waals surface area contributed by atoms with E-state index >= 15 is 0 Å². The van der Waals surface area contributed by atoms with E-state index in [2.05, 4.69) is 11.9 Å². The van der Waals surface area contributed by atoms with E-state index in [0.29, 0.717) is 6.54 Å². The highest BCUT2D eigenvalue weighted by Crippen LogP contribution is 2.28. The highest BCUT2D eigenvalue weighted by molar-refractivity contribution is 5.26. The van der Waals surface area contributed by atoms with Crippen LogP contribution in [-0.4, -0.2) is 44.9 Å². The normalized spacial score (nSPS) is 14.6. The number of hydrogen-bond donors (Lipinski definition) is 1. The van der Waals surface area contributed by atoms with E-state index in [1.165, 1.54) is 12.8 Å². The largest absolute Gasteiger partial charge is 0.494 e. The summed E-state index contributed by atoms with van der Waals surface area (Å²) in [4.78, 5) is 2.30. The number of benzene rings is 1. The Kier molecular flexibility index (Phi) is 7.00. The summed E-state index contributed by atoms with van der Waals surface area (Å²) in [5, 5.41) is 0. The van der Waals surface area contributed by atoms with Crippen molar-refractivity contribution < 1.29 is 9.47 Å². The summed E-state index contributed by atoms with van der Waals surface area (Å²) < 4.78 is 11.4. The van der Waals surface area contributed by atoms with Gasteiger partial charge in [-0.1, -0.05) is 12.1 Å². The van der Waals surface area contributed by atoms with E-state index in [4.69, 9.17) is 15.2 Å².